The topological polar surface area (TPSA) is 55.2 Å². The molecule has 0 bridgehead atoms. The molecule has 3 aromatic rings. The van der Waals surface area contributed by atoms with Crippen molar-refractivity contribution in [1.82, 2.24) is 14.5 Å². The van der Waals surface area contributed by atoms with Gasteiger partial charge in [-0.15, -0.1) is 0 Å². The van der Waals surface area contributed by atoms with Crippen LogP contribution in [0.3, 0.4) is 0 Å². The van der Waals surface area contributed by atoms with Gasteiger partial charge in [-0.1, -0.05) is 39.0 Å². The van der Waals surface area contributed by atoms with Crippen LogP contribution in [0, 0.1) is 11.7 Å². The molecule has 1 atom stereocenters. The van der Waals surface area contributed by atoms with Gasteiger partial charge in [-0.05, 0) is 49.6 Å². The maximum atomic E-state index is 13.7. The van der Waals surface area contributed by atoms with Gasteiger partial charge in [0, 0.05) is 18.7 Å². The average molecular weight is 410 g/mol. The highest BCUT2D eigenvalue weighted by Crippen LogP contribution is 2.24. The second kappa shape index (κ2) is 9.20. The number of hydrogen-bond donors (Lipinski definition) is 0. The van der Waals surface area contributed by atoms with E-state index in [9.17, 15) is 14.0 Å². The molecule has 2 aromatic carbocycles. The molecule has 0 saturated carbocycles. The van der Waals surface area contributed by atoms with Crippen LogP contribution in [0.2, 0.25) is 0 Å². The number of fused-ring (bicyclic) bond motifs is 1. The lowest BCUT2D eigenvalue weighted by atomic mass is 10.1. The van der Waals surface area contributed by atoms with Crippen LogP contribution >= 0.6 is 0 Å². The zero-order chi connectivity index (χ0) is 21.8. The third kappa shape index (κ3) is 4.42. The van der Waals surface area contributed by atoms with E-state index in [0.717, 1.165) is 6.42 Å². The Kier molecular flexibility index (Phi) is 6.65. The summed E-state index contributed by atoms with van der Waals surface area (Å²) in [5, 5.41) is 0.564. The molecule has 1 unspecified atom stereocenters. The Hall–Kier alpha value is -3.02. The fourth-order valence-corrected chi connectivity index (χ4v) is 3.68. The van der Waals surface area contributed by atoms with Gasteiger partial charge in [-0.2, -0.15) is 0 Å². The fraction of sp³-hybridized carbons (Fsp3) is 0.375. The van der Waals surface area contributed by atoms with E-state index < -0.39 is 11.9 Å². The number of carbonyl (C=O) groups is 1. The summed E-state index contributed by atoms with van der Waals surface area (Å²) in [5.74, 6) is 0.00796. The van der Waals surface area contributed by atoms with Gasteiger partial charge in [-0.25, -0.2) is 9.37 Å². The minimum Gasteiger partial charge on any atom is -0.328 e. The van der Waals surface area contributed by atoms with Crippen molar-refractivity contribution < 1.29 is 9.18 Å². The van der Waals surface area contributed by atoms with Crippen LogP contribution in [-0.4, -0.2) is 26.9 Å². The molecular formula is C24H28FN3O2. The summed E-state index contributed by atoms with van der Waals surface area (Å²) in [5.41, 5.74) is 0.791. The Labute approximate surface area is 176 Å². The lowest BCUT2D eigenvalue weighted by Gasteiger charge is -2.32. The minimum atomic E-state index is -0.454. The number of halogens is 1. The normalized spacial score (nSPS) is 12.3. The Morgan fingerprint density at radius 1 is 1.13 bits per heavy atom. The number of carbonyl (C=O) groups excluding carboxylic acids is 1. The summed E-state index contributed by atoms with van der Waals surface area (Å²) in [7, 11) is 0. The number of hydrogen-bond acceptors (Lipinski definition) is 3. The van der Waals surface area contributed by atoms with Gasteiger partial charge in [0.1, 0.15) is 11.6 Å². The molecule has 1 heterocycles. The van der Waals surface area contributed by atoms with E-state index in [2.05, 4.69) is 0 Å². The zero-order valence-corrected chi connectivity index (χ0v) is 17.9. The summed E-state index contributed by atoms with van der Waals surface area (Å²) in [6.07, 6.45) is 0.766. The molecule has 0 N–H and O–H groups in total. The van der Waals surface area contributed by atoms with E-state index in [-0.39, 0.29) is 22.9 Å². The quantitative estimate of drug-likeness (QED) is 0.563. The highest BCUT2D eigenvalue weighted by molar-refractivity contribution is 5.94. The zero-order valence-electron chi connectivity index (χ0n) is 17.9. The molecule has 0 aliphatic heterocycles. The van der Waals surface area contributed by atoms with E-state index in [1.165, 1.54) is 18.2 Å². The van der Waals surface area contributed by atoms with Crippen molar-refractivity contribution in [1.29, 1.82) is 0 Å². The maximum Gasteiger partial charge on any atom is 0.261 e. The Morgan fingerprint density at radius 2 is 1.87 bits per heavy atom. The molecule has 158 valence electrons. The van der Waals surface area contributed by atoms with Crippen LogP contribution in [0.25, 0.3) is 10.9 Å². The highest BCUT2D eigenvalue weighted by atomic mass is 19.1. The van der Waals surface area contributed by atoms with Gasteiger partial charge in [0.15, 0.2) is 0 Å². The van der Waals surface area contributed by atoms with E-state index in [1.807, 2.05) is 45.9 Å². The third-order valence-electron chi connectivity index (χ3n) is 5.07. The van der Waals surface area contributed by atoms with Gasteiger partial charge in [0.2, 0.25) is 0 Å². The lowest BCUT2D eigenvalue weighted by Crippen LogP contribution is -2.39. The van der Waals surface area contributed by atoms with Crippen LogP contribution < -0.4 is 5.56 Å². The van der Waals surface area contributed by atoms with Crippen LogP contribution in [-0.2, 0) is 6.54 Å². The first-order valence-electron chi connectivity index (χ1n) is 10.4. The first-order valence-corrected chi connectivity index (χ1v) is 10.4. The number of rotatable bonds is 7. The van der Waals surface area contributed by atoms with E-state index >= 15 is 0 Å². The van der Waals surface area contributed by atoms with Crippen molar-refractivity contribution in [3.05, 3.63) is 76.1 Å². The van der Waals surface area contributed by atoms with Crippen molar-refractivity contribution >= 4 is 16.8 Å². The van der Waals surface area contributed by atoms with Crippen molar-refractivity contribution in [2.45, 2.75) is 46.7 Å². The van der Waals surface area contributed by atoms with Gasteiger partial charge < -0.3 is 4.90 Å². The summed E-state index contributed by atoms with van der Waals surface area (Å²) in [6.45, 7) is 8.89. The van der Waals surface area contributed by atoms with E-state index in [0.29, 0.717) is 29.8 Å². The molecule has 0 fully saturated rings. The number of aromatic nitrogens is 2. The molecular weight excluding hydrogens is 381 g/mol. The van der Waals surface area contributed by atoms with Gasteiger partial charge in [0.05, 0.1) is 16.9 Å². The van der Waals surface area contributed by atoms with Crippen molar-refractivity contribution in [2.24, 2.45) is 5.92 Å². The summed E-state index contributed by atoms with van der Waals surface area (Å²) in [4.78, 5) is 32.9. The minimum absolute atomic E-state index is 0.105. The monoisotopic (exact) mass is 409 g/mol. The molecule has 3 rings (SSSR count). The standard InChI is InChI=1S/C24H28FN3O2/c1-5-13-27-22(26-21-12-7-6-11-20(21)24(27)30)17(4)28(15-16(2)3)23(29)18-9-8-10-19(25)14-18/h6-12,14,16-17H,5,13,15H2,1-4H3. The van der Waals surface area contributed by atoms with E-state index in [4.69, 9.17) is 4.98 Å². The molecule has 1 aromatic heterocycles. The average Bonchev–Trinajstić information content (AvgIpc) is 2.73. The molecule has 0 saturated heterocycles. The summed E-state index contributed by atoms with van der Waals surface area (Å²) < 4.78 is 15.4. The number of para-hydroxylation sites is 1. The molecule has 0 spiro atoms. The van der Waals surface area contributed by atoms with Gasteiger partial charge in [-0.3, -0.25) is 14.2 Å². The predicted octanol–water partition coefficient (Wildman–Crippen LogP) is 4.81. The maximum absolute atomic E-state index is 13.7. The Bertz CT molecular complexity index is 1110. The largest absolute Gasteiger partial charge is 0.328 e. The summed E-state index contributed by atoms with van der Waals surface area (Å²) >= 11 is 0. The molecule has 6 heteroatoms. The molecule has 0 aliphatic carbocycles. The SMILES string of the molecule is CCCn1c(C(C)N(CC(C)C)C(=O)c2cccc(F)c2)nc2ccccc2c1=O. The third-order valence-corrected chi connectivity index (χ3v) is 5.07. The van der Waals surface area contributed by atoms with Crippen LogP contribution in [0.1, 0.15) is 56.3 Å². The van der Waals surface area contributed by atoms with Crippen molar-refractivity contribution in [2.75, 3.05) is 6.54 Å². The van der Waals surface area contributed by atoms with Crippen molar-refractivity contribution in [3.63, 3.8) is 0 Å². The fourth-order valence-electron chi connectivity index (χ4n) is 3.68. The first kappa shape index (κ1) is 21.7. The van der Waals surface area contributed by atoms with Crippen LogP contribution in [0.5, 0.6) is 0 Å². The molecule has 0 aliphatic rings. The molecule has 1 amide bonds. The van der Waals surface area contributed by atoms with Gasteiger partial charge >= 0.3 is 0 Å². The second-order valence-electron chi connectivity index (χ2n) is 7.98. The van der Waals surface area contributed by atoms with E-state index in [1.54, 1.807) is 21.6 Å². The number of amides is 1. The number of benzene rings is 2. The summed E-state index contributed by atoms with van der Waals surface area (Å²) in [6, 6.07) is 12.5. The highest BCUT2D eigenvalue weighted by Gasteiger charge is 2.27. The molecule has 5 nitrogen and oxygen atoms in total. The Balaban J connectivity index is 2.13. The Morgan fingerprint density at radius 3 is 2.53 bits per heavy atom. The number of nitrogens with zero attached hydrogens (tertiary/aromatic N) is 3. The molecule has 30 heavy (non-hydrogen) atoms. The predicted molar refractivity (Wildman–Crippen MR) is 117 cm³/mol. The van der Waals surface area contributed by atoms with Crippen LogP contribution in [0.4, 0.5) is 4.39 Å². The smallest absolute Gasteiger partial charge is 0.261 e. The first-order chi connectivity index (χ1) is 14.3. The lowest BCUT2D eigenvalue weighted by molar-refractivity contribution is 0.0652. The molecule has 0 radical (unpaired) electrons. The second-order valence-corrected chi connectivity index (χ2v) is 7.98. The van der Waals surface area contributed by atoms with Crippen molar-refractivity contribution in [3.8, 4) is 0 Å². The van der Waals surface area contributed by atoms with Gasteiger partial charge in [0.25, 0.3) is 11.5 Å². The van der Waals surface area contributed by atoms with Crippen LogP contribution in [0.15, 0.2) is 53.3 Å².